The highest BCUT2D eigenvalue weighted by atomic mass is 15.2. The van der Waals surface area contributed by atoms with E-state index in [9.17, 15) is 0 Å². The number of nitrogens with zero attached hydrogens (tertiary/aromatic N) is 4. The third kappa shape index (κ3) is 2.58. The number of pyridine rings is 1. The Morgan fingerprint density at radius 2 is 1.08 bits per heavy atom. The lowest BCUT2D eigenvalue weighted by Gasteiger charge is -2.14. The Labute approximate surface area is 206 Å². The van der Waals surface area contributed by atoms with Crippen molar-refractivity contribution in [3.05, 3.63) is 121 Å². The summed E-state index contributed by atoms with van der Waals surface area (Å²) >= 11 is 0. The van der Waals surface area contributed by atoms with Crippen LogP contribution >= 0.6 is 0 Å². The third-order valence-corrected chi connectivity index (χ3v) is 7.26. The maximum Gasteiger partial charge on any atom is 0.168 e. The lowest BCUT2D eigenvalue weighted by molar-refractivity contribution is 1.11. The molecule has 0 saturated heterocycles. The highest BCUT2D eigenvalue weighted by molar-refractivity contribution is 6.11. The van der Waals surface area contributed by atoms with E-state index in [1.54, 1.807) is 0 Å². The summed E-state index contributed by atoms with van der Waals surface area (Å²) in [6.07, 6.45) is 2.07. The van der Waals surface area contributed by atoms with Crippen molar-refractivity contribution in [2.45, 2.75) is 0 Å². The molecule has 168 valence electrons. The van der Waals surface area contributed by atoms with E-state index < -0.39 is 0 Å². The van der Waals surface area contributed by atoms with Gasteiger partial charge in [-0.05, 0) is 41.1 Å². The summed E-state index contributed by atoms with van der Waals surface area (Å²) in [7, 11) is 0. The lowest BCUT2D eigenvalue weighted by Crippen LogP contribution is -1.97. The van der Waals surface area contributed by atoms with Crippen LogP contribution in [0, 0.1) is 0 Å². The molecule has 4 nitrogen and oxygen atoms in total. The lowest BCUT2D eigenvalue weighted by atomic mass is 10.0. The summed E-state index contributed by atoms with van der Waals surface area (Å²) in [5, 5.41) is 16.4. The van der Waals surface area contributed by atoms with Crippen LogP contribution in [-0.2, 0) is 0 Å². The summed E-state index contributed by atoms with van der Waals surface area (Å²) in [5.74, 6) is 0.848. The van der Waals surface area contributed by atoms with E-state index in [4.69, 9.17) is 0 Å². The van der Waals surface area contributed by atoms with Crippen LogP contribution in [0.2, 0.25) is 0 Å². The molecule has 5 aromatic carbocycles. The molecule has 0 bridgehead atoms. The van der Waals surface area contributed by atoms with Crippen LogP contribution in [0.15, 0.2) is 121 Å². The maximum absolute atomic E-state index is 4.66. The Hall–Kier alpha value is -4.96. The predicted octanol–water partition coefficient (Wildman–Crippen LogP) is 7.80. The van der Waals surface area contributed by atoms with Crippen molar-refractivity contribution in [1.29, 1.82) is 0 Å². The Morgan fingerprint density at radius 1 is 0.472 bits per heavy atom. The fraction of sp³-hybridized carbons (Fsp3) is 0. The zero-order valence-electron chi connectivity index (χ0n) is 19.3. The molecular weight excluding hydrogens is 440 g/mol. The van der Waals surface area contributed by atoms with Gasteiger partial charge < -0.3 is 4.57 Å². The maximum atomic E-state index is 4.66. The number of para-hydroxylation sites is 2. The molecule has 8 rings (SSSR count). The molecule has 36 heavy (non-hydrogen) atoms. The second-order valence-corrected chi connectivity index (χ2v) is 9.17. The quantitative estimate of drug-likeness (QED) is 0.264. The van der Waals surface area contributed by atoms with Crippen LogP contribution < -0.4 is 0 Å². The monoisotopic (exact) mass is 460 g/mol. The number of aromatic nitrogens is 4. The highest BCUT2D eigenvalue weighted by Gasteiger charge is 2.18. The van der Waals surface area contributed by atoms with Crippen LogP contribution in [0.1, 0.15) is 0 Å². The van der Waals surface area contributed by atoms with E-state index in [2.05, 4.69) is 135 Å². The van der Waals surface area contributed by atoms with Gasteiger partial charge in [0, 0.05) is 33.3 Å². The summed E-state index contributed by atoms with van der Waals surface area (Å²) in [6.45, 7) is 0. The van der Waals surface area contributed by atoms with Gasteiger partial charge in [0.2, 0.25) is 0 Å². The van der Waals surface area contributed by atoms with Crippen molar-refractivity contribution in [2.75, 3.05) is 0 Å². The molecule has 0 fully saturated rings. The number of fused-ring (bicyclic) bond motifs is 7. The Kier molecular flexibility index (Phi) is 3.91. The van der Waals surface area contributed by atoms with Crippen molar-refractivity contribution in [3.8, 4) is 17.1 Å². The second kappa shape index (κ2) is 7.27. The fourth-order valence-electron chi connectivity index (χ4n) is 5.66. The molecule has 0 saturated carbocycles. The zero-order chi connectivity index (χ0) is 23.6. The molecule has 8 aromatic rings. The molecule has 0 amide bonds. The molecule has 4 heteroatoms. The van der Waals surface area contributed by atoms with Gasteiger partial charge >= 0.3 is 0 Å². The average molecular weight is 461 g/mol. The highest BCUT2D eigenvalue weighted by Crippen LogP contribution is 2.37. The largest absolute Gasteiger partial charge is 0.309 e. The van der Waals surface area contributed by atoms with Gasteiger partial charge in [0.15, 0.2) is 11.5 Å². The summed E-state index contributed by atoms with van der Waals surface area (Å²) in [6, 6.07) is 40.7. The first kappa shape index (κ1) is 19.4. The van der Waals surface area contributed by atoms with Crippen LogP contribution in [0.5, 0.6) is 0 Å². The van der Waals surface area contributed by atoms with E-state index >= 15 is 0 Å². The molecule has 0 radical (unpaired) electrons. The minimum atomic E-state index is 0.848. The molecule has 3 aromatic heterocycles. The Balaban J connectivity index is 1.44. The van der Waals surface area contributed by atoms with Crippen LogP contribution in [0.3, 0.4) is 0 Å². The Morgan fingerprint density at radius 3 is 1.83 bits per heavy atom. The van der Waals surface area contributed by atoms with Gasteiger partial charge in [-0.2, -0.15) is 0 Å². The molecule has 0 spiro atoms. The number of benzene rings is 5. The second-order valence-electron chi connectivity index (χ2n) is 9.17. The van der Waals surface area contributed by atoms with Gasteiger partial charge in [-0.3, -0.25) is 4.40 Å². The summed E-state index contributed by atoms with van der Waals surface area (Å²) < 4.78 is 4.48. The van der Waals surface area contributed by atoms with Crippen LogP contribution in [0.4, 0.5) is 0 Å². The van der Waals surface area contributed by atoms with E-state index in [1.807, 2.05) is 6.07 Å². The van der Waals surface area contributed by atoms with Gasteiger partial charge in [0.1, 0.15) is 0 Å². The molecule has 0 aliphatic heterocycles. The van der Waals surface area contributed by atoms with Crippen molar-refractivity contribution in [2.24, 2.45) is 0 Å². The molecule has 0 unspecified atom stereocenters. The number of rotatable bonds is 2. The minimum Gasteiger partial charge on any atom is -0.309 e. The average Bonchev–Trinajstić information content (AvgIpc) is 3.52. The third-order valence-electron chi connectivity index (χ3n) is 7.26. The fourth-order valence-corrected chi connectivity index (χ4v) is 5.66. The molecule has 0 aliphatic rings. The molecule has 3 heterocycles. The topological polar surface area (TPSA) is 35.1 Å². The van der Waals surface area contributed by atoms with E-state index in [0.29, 0.717) is 0 Å². The molecular formula is C32H20N4. The van der Waals surface area contributed by atoms with Crippen molar-refractivity contribution < 1.29 is 0 Å². The smallest absolute Gasteiger partial charge is 0.168 e. The standard InChI is InChI=1S/C32H20N4/c1-2-10-22-21(9-1)19-20-35-31(22)33-34-32(35)27-17-18-30(24-12-4-3-11-23(24)27)36-28-15-7-5-13-25(28)26-14-6-8-16-29(26)36/h1-20H. The minimum absolute atomic E-state index is 0.848. The molecule has 0 aliphatic carbocycles. The normalized spacial score (nSPS) is 11.9. The van der Waals surface area contributed by atoms with Gasteiger partial charge in [-0.15, -0.1) is 10.2 Å². The molecule has 0 N–H and O–H groups in total. The summed E-state index contributed by atoms with van der Waals surface area (Å²) in [5.41, 5.74) is 5.51. The van der Waals surface area contributed by atoms with Crippen LogP contribution in [-0.4, -0.2) is 19.2 Å². The van der Waals surface area contributed by atoms with Gasteiger partial charge in [0.25, 0.3) is 0 Å². The van der Waals surface area contributed by atoms with Gasteiger partial charge in [-0.1, -0.05) is 84.9 Å². The summed E-state index contributed by atoms with van der Waals surface area (Å²) in [4.78, 5) is 0. The van der Waals surface area contributed by atoms with Gasteiger partial charge in [0.05, 0.1) is 16.7 Å². The molecule has 0 atom stereocenters. The Bertz CT molecular complexity index is 2060. The van der Waals surface area contributed by atoms with E-state index in [-0.39, 0.29) is 0 Å². The first-order valence-corrected chi connectivity index (χ1v) is 12.1. The predicted molar refractivity (Wildman–Crippen MR) is 148 cm³/mol. The van der Waals surface area contributed by atoms with Crippen molar-refractivity contribution in [1.82, 2.24) is 19.2 Å². The van der Waals surface area contributed by atoms with Gasteiger partial charge in [-0.25, -0.2) is 0 Å². The number of hydrogen-bond donors (Lipinski definition) is 0. The van der Waals surface area contributed by atoms with Crippen molar-refractivity contribution in [3.63, 3.8) is 0 Å². The zero-order valence-corrected chi connectivity index (χ0v) is 19.3. The first-order valence-electron chi connectivity index (χ1n) is 12.1. The first-order chi connectivity index (χ1) is 17.9. The van der Waals surface area contributed by atoms with Crippen molar-refractivity contribution >= 4 is 49.0 Å². The van der Waals surface area contributed by atoms with Crippen LogP contribution in [0.25, 0.3) is 66.1 Å². The SMILES string of the molecule is c1ccc2c(c1)ccn1c(-c3ccc(-n4c5ccccc5c5ccccc54)c4ccccc34)nnc21. The number of hydrogen-bond acceptors (Lipinski definition) is 2. The van der Waals surface area contributed by atoms with E-state index in [1.165, 1.54) is 27.2 Å². The van der Waals surface area contributed by atoms with E-state index in [0.717, 1.165) is 38.9 Å².